The van der Waals surface area contributed by atoms with Crippen molar-refractivity contribution in [2.45, 2.75) is 25.6 Å². The molecule has 0 fully saturated rings. The summed E-state index contributed by atoms with van der Waals surface area (Å²) in [5.41, 5.74) is 2.12. The van der Waals surface area contributed by atoms with Gasteiger partial charge >= 0.3 is 0 Å². The van der Waals surface area contributed by atoms with E-state index in [0.29, 0.717) is 11.2 Å². The largest absolute Gasteiger partial charge is 0.374 e. The molecule has 0 aliphatic carbocycles. The first-order valence-electron chi connectivity index (χ1n) is 5.64. The molecule has 1 unspecified atom stereocenters. The predicted molar refractivity (Wildman–Crippen MR) is 71.8 cm³/mol. The van der Waals surface area contributed by atoms with Crippen molar-refractivity contribution in [2.75, 3.05) is 18.5 Å². The highest BCUT2D eigenvalue weighted by Crippen LogP contribution is 2.24. The summed E-state index contributed by atoms with van der Waals surface area (Å²) in [6.45, 7) is 5.42. The van der Waals surface area contributed by atoms with Crippen molar-refractivity contribution in [1.29, 1.82) is 0 Å². The van der Waals surface area contributed by atoms with Gasteiger partial charge in [0.2, 0.25) is 0 Å². The van der Waals surface area contributed by atoms with Crippen LogP contribution in [0.15, 0.2) is 18.2 Å². The van der Waals surface area contributed by atoms with Crippen molar-refractivity contribution in [1.82, 2.24) is 0 Å². The molecule has 0 spiro atoms. The Morgan fingerprint density at radius 1 is 1.44 bits per heavy atom. The molecule has 0 saturated heterocycles. The van der Waals surface area contributed by atoms with Gasteiger partial charge in [0.15, 0.2) is 0 Å². The highest BCUT2D eigenvalue weighted by atomic mass is 79.9. The maximum absolute atomic E-state index is 13.1. The van der Waals surface area contributed by atoms with Crippen molar-refractivity contribution in [3.8, 4) is 0 Å². The highest BCUT2D eigenvalue weighted by Gasteiger charge is 2.10. The molecule has 0 bridgehead atoms. The zero-order chi connectivity index (χ0) is 12.1. The number of halogens is 2. The summed E-state index contributed by atoms with van der Waals surface area (Å²) in [6.07, 6.45) is 1.16. The molecule has 0 aromatic heterocycles. The minimum absolute atomic E-state index is 0.171. The van der Waals surface area contributed by atoms with Crippen molar-refractivity contribution < 1.29 is 4.39 Å². The van der Waals surface area contributed by atoms with Crippen molar-refractivity contribution >= 4 is 21.6 Å². The zero-order valence-corrected chi connectivity index (χ0v) is 11.7. The SMILES string of the molecule is CCC(C)CN(C)c1ccc(F)cc1CBr. The van der Waals surface area contributed by atoms with Gasteiger partial charge in [0.1, 0.15) is 5.82 Å². The molecule has 0 N–H and O–H groups in total. The van der Waals surface area contributed by atoms with Crippen LogP contribution in [0.1, 0.15) is 25.8 Å². The standard InChI is InChI=1S/C13H19BrFN/c1-4-10(2)9-16(3)13-6-5-12(15)7-11(13)8-14/h5-7,10H,4,8-9H2,1-3H3. The molecule has 0 saturated carbocycles. The third-order valence-electron chi connectivity index (χ3n) is 2.88. The third kappa shape index (κ3) is 3.48. The van der Waals surface area contributed by atoms with Crippen molar-refractivity contribution in [3.05, 3.63) is 29.6 Å². The molecule has 1 aromatic rings. The van der Waals surface area contributed by atoms with Crippen LogP contribution < -0.4 is 4.90 Å². The van der Waals surface area contributed by atoms with Crippen LogP contribution in [0, 0.1) is 11.7 Å². The second-order valence-corrected chi connectivity index (χ2v) is 4.86. The van der Waals surface area contributed by atoms with E-state index in [0.717, 1.165) is 24.2 Å². The van der Waals surface area contributed by atoms with Gasteiger partial charge in [-0.05, 0) is 29.7 Å². The van der Waals surface area contributed by atoms with E-state index < -0.39 is 0 Å². The summed E-state index contributed by atoms with van der Waals surface area (Å²) >= 11 is 3.40. The fourth-order valence-corrected chi connectivity index (χ4v) is 2.18. The van der Waals surface area contributed by atoms with Gasteiger partial charge < -0.3 is 4.90 Å². The van der Waals surface area contributed by atoms with Gasteiger partial charge in [-0.1, -0.05) is 36.2 Å². The fraction of sp³-hybridized carbons (Fsp3) is 0.538. The Balaban J connectivity index is 2.85. The molecule has 3 heteroatoms. The molecule has 90 valence electrons. The minimum Gasteiger partial charge on any atom is -0.374 e. The topological polar surface area (TPSA) is 3.24 Å². The molecule has 1 atom stereocenters. The predicted octanol–water partition coefficient (Wildman–Crippen LogP) is 4.20. The van der Waals surface area contributed by atoms with Gasteiger partial charge in [-0.2, -0.15) is 0 Å². The number of alkyl halides is 1. The van der Waals surface area contributed by atoms with Crippen LogP contribution in [0.4, 0.5) is 10.1 Å². The Labute approximate surface area is 106 Å². The number of hydrogen-bond donors (Lipinski definition) is 0. The van der Waals surface area contributed by atoms with E-state index in [1.807, 2.05) is 6.07 Å². The quantitative estimate of drug-likeness (QED) is 0.734. The molecular weight excluding hydrogens is 269 g/mol. The molecule has 0 aliphatic heterocycles. The lowest BCUT2D eigenvalue weighted by Crippen LogP contribution is -2.24. The highest BCUT2D eigenvalue weighted by molar-refractivity contribution is 9.08. The summed E-state index contributed by atoms with van der Waals surface area (Å²) in [7, 11) is 2.06. The molecule has 0 aliphatic rings. The number of rotatable bonds is 5. The molecule has 1 aromatic carbocycles. The number of nitrogens with zero attached hydrogens (tertiary/aromatic N) is 1. The van der Waals surface area contributed by atoms with Crippen LogP contribution in [0.2, 0.25) is 0 Å². The Morgan fingerprint density at radius 2 is 2.12 bits per heavy atom. The average molecular weight is 288 g/mol. The first-order valence-corrected chi connectivity index (χ1v) is 6.76. The van der Waals surface area contributed by atoms with Crippen LogP contribution in [0.3, 0.4) is 0 Å². The number of benzene rings is 1. The number of anilines is 1. The Bertz CT molecular complexity index is 341. The Morgan fingerprint density at radius 3 is 2.69 bits per heavy atom. The molecule has 0 radical (unpaired) electrons. The van der Waals surface area contributed by atoms with Gasteiger partial charge in [0.25, 0.3) is 0 Å². The number of hydrogen-bond acceptors (Lipinski definition) is 1. The molecule has 1 nitrogen and oxygen atoms in total. The maximum atomic E-state index is 13.1. The lowest BCUT2D eigenvalue weighted by molar-refractivity contribution is 0.559. The zero-order valence-electron chi connectivity index (χ0n) is 10.1. The van der Waals surface area contributed by atoms with Crippen molar-refractivity contribution in [2.24, 2.45) is 5.92 Å². The first kappa shape index (κ1) is 13.5. The second kappa shape index (κ2) is 6.24. The van der Waals surface area contributed by atoms with Gasteiger partial charge in [0, 0.05) is 24.6 Å². The molecule has 16 heavy (non-hydrogen) atoms. The molecule has 0 heterocycles. The second-order valence-electron chi connectivity index (χ2n) is 4.30. The maximum Gasteiger partial charge on any atom is 0.123 e. The van der Waals surface area contributed by atoms with E-state index in [9.17, 15) is 4.39 Å². The van der Waals surface area contributed by atoms with E-state index in [1.54, 1.807) is 6.07 Å². The molecule has 1 rings (SSSR count). The van der Waals surface area contributed by atoms with Crippen molar-refractivity contribution in [3.63, 3.8) is 0 Å². The van der Waals surface area contributed by atoms with E-state index in [-0.39, 0.29) is 5.82 Å². The van der Waals surface area contributed by atoms with E-state index >= 15 is 0 Å². The average Bonchev–Trinajstić information content (AvgIpc) is 2.28. The van der Waals surface area contributed by atoms with E-state index in [1.165, 1.54) is 6.07 Å². The molecular formula is C13H19BrFN. The lowest BCUT2D eigenvalue weighted by Gasteiger charge is -2.25. The fourth-order valence-electron chi connectivity index (χ4n) is 1.73. The Kier molecular flexibility index (Phi) is 5.26. The van der Waals surface area contributed by atoms with Crippen LogP contribution in [-0.4, -0.2) is 13.6 Å². The van der Waals surface area contributed by atoms with Crippen LogP contribution >= 0.6 is 15.9 Å². The monoisotopic (exact) mass is 287 g/mol. The van der Waals surface area contributed by atoms with Gasteiger partial charge in [0.05, 0.1) is 0 Å². The lowest BCUT2D eigenvalue weighted by atomic mass is 10.1. The Hall–Kier alpha value is -0.570. The van der Waals surface area contributed by atoms with E-state index in [2.05, 4.69) is 41.7 Å². The van der Waals surface area contributed by atoms with Crippen LogP contribution in [0.5, 0.6) is 0 Å². The normalized spacial score (nSPS) is 12.6. The molecule has 0 amide bonds. The van der Waals surface area contributed by atoms with Gasteiger partial charge in [-0.15, -0.1) is 0 Å². The first-order chi connectivity index (χ1) is 7.58. The summed E-state index contributed by atoms with van der Waals surface area (Å²) in [6, 6.07) is 4.97. The summed E-state index contributed by atoms with van der Waals surface area (Å²) in [5, 5.41) is 0.685. The minimum atomic E-state index is -0.171. The third-order valence-corrected chi connectivity index (χ3v) is 3.48. The van der Waals surface area contributed by atoms with Gasteiger partial charge in [-0.3, -0.25) is 0 Å². The van der Waals surface area contributed by atoms with Gasteiger partial charge in [-0.25, -0.2) is 4.39 Å². The van der Waals surface area contributed by atoms with Crippen LogP contribution in [0.25, 0.3) is 0 Å². The van der Waals surface area contributed by atoms with Crippen LogP contribution in [-0.2, 0) is 5.33 Å². The van der Waals surface area contributed by atoms with E-state index in [4.69, 9.17) is 0 Å². The summed E-state index contributed by atoms with van der Waals surface area (Å²) < 4.78 is 13.1. The smallest absolute Gasteiger partial charge is 0.123 e. The summed E-state index contributed by atoms with van der Waals surface area (Å²) in [5.74, 6) is 0.480. The summed E-state index contributed by atoms with van der Waals surface area (Å²) in [4.78, 5) is 2.20.